The van der Waals surface area contributed by atoms with E-state index in [1.165, 1.54) is 6.07 Å². The zero-order valence-corrected chi connectivity index (χ0v) is 11.7. The minimum atomic E-state index is -2.70. The van der Waals surface area contributed by atoms with Gasteiger partial charge in [0.1, 0.15) is 10.7 Å². The zero-order valence-electron chi connectivity index (χ0n) is 10.2. The maximum Gasteiger partial charge on any atom is 0.312 e. The Balaban J connectivity index is 2.37. The first-order chi connectivity index (χ1) is 9.23. The van der Waals surface area contributed by atoms with Gasteiger partial charge in [-0.15, -0.1) is 0 Å². The molecule has 110 valence electrons. The Morgan fingerprint density at radius 3 is 2.40 bits per heavy atom. The molecular weight excluding hydrogens is 315 g/mol. The highest BCUT2D eigenvalue weighted by molar-refractivity contribution is 6.39. The van der Waals surface area contributed by atoms with Crippen molar-refractivity contribution in [1.29, 1.82) is 0 Å². The minimum absolute atomic E-state index is 0.0358. The van der Waals surface area contributed by atoms with Gasteiger partial charge in [-0.3, -0.25) is 10.1 Å². The Hall–Kier alpha value is -1.34. The topological polar surface area (TPSA) is 72.4 Å². The molecular formula is C11H11Cl2F2N3O2. The predicted molar refractivity (Wildman–Crippen MR) is 73.9 cm³/mol. The molecule has 1 heterocycles. The van der Waals surface area contributed by atoms with Crippen molar-refractivity contribution in [2.75, 3.05) is 23.7 Å². The Morgan fingerprint density at radius 2 is 1.90 bits per heavy atom. The number of hydrogen-bond donors (Lipinski definition) is 1. The van der Waals surface area contributed by atoms with Gasteiger partial charge in [0.25, 0.3) is 5.92 Å². The summed E-state index contributed by atoms with van der Waals surface area (Å²) in [6.07, 6.45) is -0.615. The summed E-state index contributed by atoms with van der Waals surface area (Å²) in [6.45, 7) is 0.167. The van der Waals surface area contributed by atoms with Crippen LogP contribution in [-0.2, 0) is 0 Å². The van der Waals surface area contributed by atoms with Gasteiger partial charge in [-0.2, -0.15) is 0 Å². The molecule has 1 aromatic rings. The second kappa shape index (κ2) is 5.21. The van der Waals surface area contributed by atoms with Gasteiger partial charge in [0.2, 0.25) is 0 Å². The number of nitro groups is 1. The second-order valence-electron chi connectivity index (χ2n) is 4.55. The van der Waals surface area contributed by atoms with E-state index in [4.69, 9.17) is 28.9 Å². The van der Waals surface area contributed by atoms with Gasteiger partial charge in [-0.1, -0.05) is 23.2 Å². The lowest BCUT2D eigenvalue weighted by Gasteiger charge is -2.34. The van der Waals surface area contributed by atoms with Crippen molar-refractivity contribution in [3.8, 4) is 0 Å². The maximum atomic E-state index is 13.1. The van der Waals surface area contributed by atoms with Crippen LogP contribution in [0.4, 0.5) is 25.8 Å². The van der Waals surface area contributed by atoms with Gasteiger partial charge in [0.15, 0.2) is 0 Å². The molecule has 1 aliphatic rings. The highest BCUT2D eigenvalue weighted by Crippen LogP contribution is 2.44. The van der Waals surface area contributed by atoms with Crippen LogP contribution in [0.5, 0.6) is 0 Å². The van der Waals surface area contributed by atoms with Gasteiger partial charge in [-0.25, -0.2) is 8.78 Å². The normalized spacial score (nSPS) is 18.1. The summed E-state index contributed by atoms with van der Waals surface area (Å²) in [4.78, 5) is 11.7. The van der Waals surface area contributed by atoms with Gasteiger partial charge in [0.05, 0.1) is 15.6 Å². The third-order valence-corrected chi connectivity index (χ3v) is 3.91. The largest absolute Gasteiger partial charge is 0.392 e. The summed E-state index contributed by atoms with van der Waals surface area (Å²) in [5.74, 6) is -2.70. The van der Waals surface area contributed by atoms with E-state index in [-0.39, 0.29) is 41.7 Å². The number of anilines is 2. The van der Waals surface area contributed by atoms with Crippen molar-refractivity contribution in [3.63, 3.8) is 0 Å². The fourth-order valence-corrected chi connectivity index (χ4v) is 2.65. The van der Waals surface area contributed by atoms with Crippen LogP contribution in [0.1, 0.15) is 12.8 Å². The summed E-state index contributed by atoms with van der Waals surface area (Å²) < 4.78 is 26.2. The van der Waals surface area contributed by atoms with Crippen LogP contribution in [0.2, 0.25) is 10.0 Å². The Labute approximate surface area is 123 Å². The maximum absolute atomic E-state index is 13.1. The van der Waals surface area contributed by atoms with Crippen LogP contribution in [0.25, 0.3) is 0 Å². The molecule has 1 aliphatic heterocycles. The molecule has 0 unspecified atom stereocenters. The molecule has 2 rings (SSSR count). The van der Waals surface area contributed by atoms with Crippen molar-refractivity contribution in [1.82, 2.24) is 0 Å². The Kier molecular flexibility index (Phi) is 3.93. The second-order valence-corrected chi connectivity index (χ2v) is 5.34. The zero-order chi connectivity index (χ0) is 15.1. The number of nitrogens with two attached hydrogens (primary N) is 1. The number of benzene rings is 1. The van der Waals surface area contributed by atoms with Crippen molar-refractivity contribution < 1.29 is 13.7 Å². The molecule has 2 N–H and O–H groups in total. The van der Waals surface area contributed by atoms with Gasteiger partial charge < -0.3 is 10.6 Å². The van der Waals surface area contributed by atoms with Gasteiger partial charge >= 0.3 is 5.69 Å². The SMILES string of the molecule is Nc1c(Cl)c(N2CCC(F)(F)CC2)cc(Cl)c1[N+](=O)[O-]. The molecule has 0 atom stereocenters. The molecule has 0 spiro atoms. The number of piperidine rings is 1. The van der Waals surface area contributed by atoms with E-state index in [1.54, 1.807) is 4.90 Å². The standard InChI is InChI=1S/C11H11Cl2F2N3O2/c12-6-5-7(8(13)9(16)10(6)18(19)20)17-3-1-11(14,15)2-4-17/h5H,1-4,16H2. The molecule has 0 bridgehead atoms. The number of halogens is 4. The summed E-state index contributed by atoms with van der Waals surface area (Å²) in [5, 5.41) is 10.6. The lowest BCUT2D eigenvalue weighted by atomic mass is 10.1. The van der Waals surface area contributed by atoms with Crippen molar-refractivity contribution in [3.05, 3.63) is 26.2 Å². The average molecular weight is 326 g/mol. The van der Waals surface area contributed by atoms with Crippen LogP contribution in [0, 0.1) is 10.1 Å². The molecule has 0 aromatic heterocycles. The lowest BCUT2D eigenvalue weighted by molar-refractivity contribution is -0.383. The van der Waals surface area contributed by atoms with E-state index in [2.05, 4.69) is 0 Å². The number of nitrogens with zero attached hydrogens (tertiary/aromatic N) is 2. The smallest absolute Gasteiger partial charge is 0.312 e. The summed E-state index contributed by atoms with van der Waals surface area (Å²) in [5.41, 5.74) is 5.23. The van der Waals surface area contributed by atoms with E-state index in [9.17, 15) is 18.9 Å². The monoisotopic (exact) mass is 325 g/mol. The molecule has 20 heavy (non-hydrogen) atoms. The van der Waals surface area contributed by atoms with E-state index in [0.717, 1.165) is 0 Å². The van der Waals surface area contributed by atoms with Crippen LogP contribution in [-0.4, -0.2) is 23.9 Å². The van der Waals surface area contributed by atoms with E-state index in [0.29, 0.717) is 5.69 Å². The summed E-state index contributed by atoms with van der Waals surface area (Å²) in [7, 11) is 0. The quantitative estimate of drug-likeness (QED) is 0.511. The third-order valence-electron chi connectivity index (χ3n) is 3.22. The number of hydrogen-bond acceptors (Lipinski definition) is 4. The van der Waals surface area contributed by atoms with E-state index < -0.39 is 16.5 Å². The van der Waals surface area contributed by atoms with E-state index >= 15 is 0 Å². The molecule has 0 aliphatic carbocycles. The molecule has 1 saturated heterocycles. The average Bonchev–Trinajstić information content (AvgIpc) is 2.34. The number of nitrogen functional groups attached to an aromatic ring is 1. The fourth-order valence-electron chi connectivity index (χ4n) is 2.11. The first kappa shape index (κ1) is 15.1. The number of nitro benzene ring substituents is 1. The van der Waals surface area contributed by atoms with Crippen molar-refractivity contribution >= 4 is 40.3 Å². The molecule has 9 heteroatoms. The Morgan fingerprint density at radius 1 is 1.35 bits per heavy atom. The lowest BCUT2D eigenvalue weighted by Crippen LogP contribution is -2.39. The van der Waals surface area contributed by atoms with Crippen LogP contribution >= 0.6 is 23.2 Å². The predicted octanol–water partition coefficient (Wildman–Crippen LogP) is 3.72. The third kappa shape index (κ3) is 2.73. The van der Waals surface area contributed by atoms with Crippen molar-refractivity contribution in [2.24, 2.45) is 0 Å². The van der Waals surface area contributed by atoms with Gasteiger partial charge in [-0.05, 0) is 6.07 Å². The number of rotatable bonds is 2. The molecule has 1 fully saturated rings. The van der Waals surface area contributed by atoms with Gasteiger partial charge in [0, 0.05) is 25.9 Å². The minimum Gasteiger partial charge on any atom is -0.392 e. The molecule has 0 saturated carbocycles. The fraction of sp³-hybridized carbons (Fsp3) is 0.455. The van der Waals surface area contributed by atoms with E-state index in [1.807, 2.05) is 0 Å². The summed E-state index contributed by atoms with van der Waals surface area (Å²) >= 11 is 11.8. The number of alkyl halides is 2. The first-order valence-electron chi connectivity index (χ1n) is 5.77. The van der Waals surface area contributed by atoms with Crippen molar-refractivity contribution in [2.45, 2.75) is 18.8 Å². The summed E-state index contributed by atoms with van der Waals surface area (Å²) in [6, 6.07) is 1.29. The molecule has 1 aromatic carbocycles. The molecule has 0 amide bonds. The molecule has 5 nitrogen and oxygen atoms in total. The first-order valence-corrected chi connectivity index (χ1v) is 6.53. The highest BCUT2D eigenvalue weighted by Gasteiger charge is 2.35. The van der Waals surface area contributed by atoms with Crippen LogP contribution in [0.15, 0.2) is 6.07 Å². The van der Waals surface area contributed by atoms with Crippen LogP contribution in [0.3, 0.4) is 0 Å². The Bertz CT molecular complexity index is 559. The molecule has 0 radical (unpaired) electrons. The van der Waals surface area contributed by atoms with Crippen LogP contribution < -0.4 is 10.6 Å². The highest BCUT2D eigenvalue weighted by atomic mass is 35.5.